The second-order valence-electron chi connectivity index (χ2n) is 4.57. The largest absolute Gasteiger partial charge is 0.329 e. The molecule has 7 heteroatoms. The van der Waals surface area contributed by atoms with Crippen molar-refractivity contribution in [2.45, 2.75) is 26.7 Å². The molecule has 0 aromatic heterocycles. The van der Waals surface area contributed by atoms with Crippen LogP contribution in [0.15, 0.2) is 22.7 Å². The Kier molecular flexibility index (Phi) is 5.64. The smallest absolute Gasteiger partial charge is 0.283 e. The molecule has 1 aromatic carbocycles. The van der Waals surface area contributed by atoms with Gasteiger partial charge in [-0.1, -0.05) is 13.8 Å². The summed E-state index contributed by atoms with van der Waals surface area (Å²) in [6, 6.07) is 4.37. The van der Waals surface area contributed by atoms with Crippen molar-refractivity contribution in [1.82, 2.24) is 0 Å². The van der Waals surface area contributed by atoms with Gasteiger partial charge in [-0.15, -0.1) is 0 Å². The standard InChI is InChI=1S/C13H18BrN3O3/c1-3-13(4-2,8-15)12(18)16-9-5-6-11(17(19)20)10(14)7-9/h5-7H,3-4,8,15H2,1-2H3,(H,16,18). The highest BCUT2D eigenvalue weighted by molar-refractivity contribution is 9.10. The van der Waals surface area contributed by atoms with E-state index in [4.69, 9.17) is 5.73 Å². The van der Waals surface area contributed by atoms with Gasteiger partial charge in [0.1, 0.15) is 0 Å². The van der Waals surface area contributed by atoms with Gasteiger partial charge in [-0.2, -0.15) is 0 Å². The van der Waals surface area contributed by atoms with E-state index in [9.17, 15) is 14.9 Å². The lowest BCUT2D eigenvalue weighted by Gasteiger charge is -2.28. The first kappa shape index (κ1) is 16.6. The fourth-order valence-corrected chi connectivity index (χ4v) is 2.47. The van der Waals surface area contributed by atoms with Crippen molar-refractivity contribution in [1.29, 1.82) is 0 Å². The molecule has 0 spiro atoms. The first-order chi connectivity index (χ1) is 9.40. The lowest BCUT2D eigenvalue weighted by Crippen LogP contribution is -2.41. The molecule has 0 saturated heterocycles. The molecule has 1 amide bonds. The van der Waals surface area contributed by atoms with Crippen LogP contribution in [0.5, 0.6) is 0 Å². The van der Waals surface area contributed by atoms with Gasteiger partial charge in [0.15, 0.2) is 0 Å². The van der Waals surface area contributed by atoms with Crippen LogP contribution < -0.4 is 11.1 Å². The highest BCUT2D eigenvalue weighted by atomic mass is 79.9. The molecule has 3 N–H and O–H groups in total. The van der Waals surface area contributed by atoms with E-state index in [2.05, 4.69) is 21.2 Å². The predicted molar refractivity (Wildman–Crippen MR) is 81.5 cm³/mol. The Morgan fingerprint density at radius 1 is 1.45 bits per heavy atom. The van der Waals surface area contributed by atoms with Crippen LogP contribution in [0.3, 0.4) is 0 Å². The summed E-state index contributed by atoms with van der Waals surface area (Å²) in [5, 5.41) is 13.5. The number of anilines is 1. The van der Waals surface area contributed by atoms with E-state index >= 15 is 0 Å². The average Bonchev–Trinajstić information content (AvgIpc) is 2.41. The van der Waals surface area contributed by atoms with Gasteiger partial charge >= 0.3 is 0 Å². The summed E-state index contributed by atoms with van der Waals surface area (Å²) in [6.45, 7) is 4.10. The van der Waals surface area contributed by atoms with Crippen molar-refractivity contribution in [2.24, 2.45) is 11.1 Å². The Labute approximate surface area is 126 Å². The van der Waals surface area contributed by atoms with Crippen LogP contribution in [-0.4, -0.2) is 17.4 Å². The summed E-state index contributed by atoms with van der Waals surface area (Å²) in [5.41, 5.74) is 5.58. The van der Waals surface area contributed by atoms with Crippen LogP contribution >= 0.6 is 15.9 Å². The van der Waals surface area contributed by atoms with Crippen molar-refractivity contribution >= 4 is 33.2 Å². The molecule has 1 aromatic rings. The van der Waals surface area contributed by atoms with Crippen LogP contribution in [0.4, 0.5) is 11.4 Å². The maximum Gasteiger partial charge on any atom is 0.283 e. The van der Waals surface area contributed by atoms with Gasteiger partial charge in [0.05, 0.1) is 14.8 Å². The quantitative estimate of drug-likeness (QED) is 0.612. The maximum atomic E-state index is 12.3. The van der Waals surface area contributed by atoms with Crippen molar-refractivity contribution < 1.29 is 9.72 Å². The molecule has 0 aliphatic carbocycles. The Balaban J connectivity index is 2.96. The zero-order chi connectivity index (χ0) is 15.3. The minimum Gasteiger partial charge on any atom is -0.329 e. The number of nitrogens with zero attached hydrogens (tertiary/aromatic N) is 1. The molecule has 0 unspecified atom stereocenters. The van der Waals surface area contributed by atoms with Gasteiger partial charge < -0.3 is 11.1 Å². The average molecular weight is 344 g/mol. The molecule has 0 radical (unpaired) electrons. The van der Waals surface area contributed by atoms with Crippen LogP contribution in [0, 0.1) is 15.5 Å². The van der Waals surface area contributed by atoms with Gasteiger partial charge in [0.2, 0.25) is 5.91 Å². The number of nitrogens with two attached hydrogens (primary N) is 1. The lowest BCUT2D eigenvalue weighted by molar-refractivity contribution is -0.385. The molecule has 0 bridgehead atoms. The Morgan fingerprint density at radius 2 is 2.05 bits per heavy atom. The summed E-state index contributed by atoms with van der Waals surface area (Å²) in [6.07, 6.45) is 1.28. The summed E-state index contributed by atoms with van der Waals surface area (Å²) in [7, 11) is 0. The third kappa shape index (κ3) is 3.34. The number of hydrogen-bond donors (Lipinski definition) is 2. The third-order valence-electron chi connectivity index (χ3n) is 3.63. The molecular formula is C13H18BrN3O3. The fraction of sp³-hybridized carbons (Fsp3) is 0.462. The molecule has 0 fully saturated rings. The molecular weight excluding hydrogens is 326 g/mol. The van der Waals surface area contributed by atoms with Crippen molar-refractivity contribution in [3.8, 4) is 0 Å². The van der Waals surface area contributed by atoms with E-state index in [1.54, 1.807) is 0 Å². The van der Waals surface area contributed by atoms with Crippen molar-refractivity contribution in [2.75, 3.05) is 11.9 Å². The van der Waals surface area contributed by atoms with Gasteiger partial charge in [-0.25, -0.2) is 0 Å². The van der Waals surface area contributed by atoms with E-state index in [1.807, 2.05) is 13.8 Å². The number of carbonyl (C=O) groups excluding carboxylic acids is 1. The molecule has 0 heterocycles. The molecule has 0 aliphatic rings. The number of nitro groups is 1. The Hall–Kier alpha value is -1.47. The van der Waals surface area contributed by atoms with E-state index in [0.717, 1.165) is 0 Å². The summed E-state index contributed by atoms with van der Waals surface area (Å²) >= 11 is 3.12. The topological polar surface area (TPSA) is 98.3 Å². The van der Waals surface area contributed by atoms with Gasteiger partial charge in [-0.05, 0) is 40.9 Å². The van der Waals surface area contributed by atoms with Crippen LogP contribution in [0.2, 0.25) is 0 Å². The number of hydrogen-bond acceptors (Lipinski definition) is 4. The van der Waals surface area contributed by atoms with Crippen LogP contribution in [0.1, 0.15) is 26.7 Å². The summed E-state index contributed by atoms with van der Waals surface area (Å²) < 4.78 is 0.326. The Morgan fingerprint density at radius 3 is 2.45 bits per heavy atom. The molecule has 0 atom stereocenters. The summed E-state index contributed by atoms with van der Waals surface area (Å²) in [5.74, 6) is -0.161. The maximum absolute atomic E-state index is 12.3. The number of amides is 1. The van der Waals surface area contributed by atoms with Crippen molar-refractivity contribution in [3.63, 3.8) is 0 Å². The zero-order valence-electron chi connectivity index (χ0n) is 11.5. The molecule has 0 aliphatic heterocycles. The van der Waals surface area contributed by atoms with E-state index < -0.39 is 10.3 Å². The number of nitro benzene ring substituents is 1. The Bertz CT molecular complexity index is 507. The second-order valence-corrected chi connectivity index (χ2v) is 5.42. The van der Waals surface area contributed by atoms with E-state index in [-0.39, 0.29) is 18.1 Å². The normalized spacial score (nSPS) is 11.2. The number of nitrogens with one attached hydrogen (secondary N) is 1. The molecule has 20 heavy (non-hydrogen) atoms. The second kappa shape index (κ2) is 6.81. The highest BCUT2D eigenvalue weighted by Gasteiger charge is 2.33. The van der Waals surface area contributed by atoms with E-state index in [0.29, 0.717) is 23.0 Å². The lowest BCUT2D eigenvalue weighted by atomic mass is 9.81. The fourth-order valence-electron chi connectivity index (χ4n) is 1.95. The molecule has 1 rings (SSSR count). The number of halogens is 1. The van der Waals surface area contributed by atoms with E-state index in [1.165, 1.54) is 18.2 Å². The monoisotopic (exact) mass is 343 g/mol. The molecule has 6 nitrogen and oxygen atoms in total. The molecule has 0 saturated carbocycles. The van der Waals surface area contributed by atoms with Gasteiger partial charge in [-0.3, -0.25) is 14.9 Å². The minimum absolute atomic E-state index is 0.0425. The first-order valence-corrected chi connectivity index (χ1v) is 7.15. The predicted octanol–water partition coefficient (Wildman–Crippen LogP) is 3.06. The SMILES string of the molecule is CCC(CC)(CN)C(=O)Nc1ccc([N+](=O)[O-])c(Br)c1. The van der Waals surface area contributed by atoms with Gasteiger partial charge in [0, 0.05) is 18.3 Å². The van der Waals surface area contributed by atoms with Gasteiger partial charge in [0.25, 0.3) is 5.69 Å². The zero-order valence-corrected chi connectivity index (χ0v) is 13.1. The minimum atomic E-state index is -0.603. The number of carbonyl (C=O) groups is 1. The molecule has 110 valence electrons. The first-order valence-electron chi connectivity index (χ1n) is 6.35. The van der Waals surface area contributed by atoms with Crippen LogP contribution in [-0.2, 0) is 4.79 Å². The third-order valence-corrected chi connectivity index (χ3v) is 4.26. The van der Waals surface area contributed by atoms with Crippen molar-refractivity contribution in [3.05, 3.63) is 32.8 Å². The summed E-state index contributed by atoms with van der Waals surface area (Å²) in [4.78, 5) is 22.6. The number of rotatable bonds is 6. The number of benzene rings is 1. The van der Waals surface area contributed by atoms with Crippen LogP contribution in [0.25, 0.3) is 0 Å². The highest BCUT2D eigenvalue weighted by Crippen LogP contribution is 2.30.